The van der Waals surface area contributed by atoms with Crippen molar-refractivity contribution in [1.29, 1.82) is 0 Å². The molecule has 1 aromatic rings. The molecule has 0 aliphatic carbocycles. The highest BCUT2D eigenvalue weighted by molar-refractivity contribution is 5.92. The Bertz CT molecular complexity index is 426. The van der Waals surface area contributed by atoms with Crippen LogP contribution in [0.15, 0.2) is 6.07 Å². The topological polar surface area (TPSA) is 86.3 Å². The van der Waals surface area contributed by atoms with Crippen LogP contribution in [0.25, 0.3) is 0 Å². The van der Waals surface area contributed by atoms with Crippen LogP contribution in [-0.2, 0) is 4.79 Å². The van der Waals surface area contributed by atoms with Gasteiger partial charge in [0.1, 0.15) is 5.69 Å². The lowest BCUT2D eigenvalue weighted by Crippen LogP contribution is -2.36. The Balaban J connectivity index is 2.75. The van der Waals surface area contributed by atoms with E-state index < -0.39 is 5.97 Å². The van der Waals surface area contributed by atoms with Crippen LogP contribution in [0, 0.1) is 12.8 Å². The number of rotatable bonds is 6. The van der Waals surface area contributed by atoms with Crippen LogP contribution in [0.2, 0.25) is 0 Å². The van der Waals surface area contributed by atoms with Crippen molar-refractivity contribution in [3.8, 4) is 0 Å². The zero-order valence-corrected chi connectivity index (χ0v) is 10.9. The number of nitrogens with zero attached hydrogens (tertiary/aromatic N) is 2. The van der Waals surface area contributed by atoms with Gasteiger partial charge in [-0.1, -0.05) is 13.8 Å². The molecule has 1 heterocycles. The second-order valence-corrected chi connectivity index (χ2v) is 4.72. The molecule has 1 amide bonds. The molecule has 6 heteroatoms. The largest absolute Gasteiger partial charge is 0.481 e. The van der Waals surface area contributed by atoms with E-state index in [1.807, 2.05) is 20.8 Å². The molecule has 1 rings (SSSR count). The quantitative estimate of drug-likeness (QED) is 0.799. The number of carboxylic acid groups (broad SMARTS) is 1. The average molecular weight is 253 g/mol. The minimum atomic E-state index is -0.908. The predicted molar refractivity (Wildman–Crippen MR) is 66.3 cm³/mol. The average Bonchev–Trinajstić information content (AvgIpc) is 2.69. The zero-order valence-electron chi connectivity index (χ0n) is 10.9. The van der Waals surface area contributed by atoms with Crippen molar-refractivity contribution < 1.29 is 14.7 Å². The number of carboxylic acids is 1. The fourth-order valence-electron chi connectivity index (χ4n) is 1.64. The second kappa shape index (κ2) is 6.18. The van der Waals surface area contributed by atoms with Crippen molar-refractivity contribution in [2.75, 3.05) is 13.1 Å². The zero-order chi connectivity index (χ0) is 13.7. The Labute approximate surface area is 106 Å². The molecule has 0 aromatic carbocycles. The Morgan fingerprint density at radius 1 is 1.50 bits per heavy atom. The number of aromatic nitrogens is 2. The molecule has 0 radical (unpaired) electrons. The van der Waals surface area contributed by atoms with Crippen molar-refractivity contribution in [3.63, 3.8) is 0 Å². The monoisotopic (exact) mass is 253 g/mol. The summed E-state index contributed by atoms with van der Waals surface area (Å²) in [5, 5.41) is 15.3. The first kappa shape index (κ1) is 14.2. The van der Waals surface area contributed by atoms with Gasteiger partial charge in [-0.3, -0.25) is 14.7 Å². The first-order chi connectivity index (χ1) is 8.40. The second-order valence-electron chi connectivity index (χ2n) is 4.72. The first-order valence-corrected chi connectivity index (χ1v) is 5.93. The Morgan fingerprint density at radius 3 is 2.61 bits per heavy atom. The predicted octanol–water partition coefficient (Wildman–Crippen LogP) is 1.29. The molecule has 0 unspecified atom stereocenters. The number of hydrogen-bond acceptors (Lipinski definition) is 3. The van der Waals surface area contributed by atoms with Crippen LogP contribution >= 0.6 is 0 Å². The molecule has 6 nitrogen and oxygen atoms in total. The smallest absolute Gasteiger partial charge is 0.305 e. The molecule has 18 heavy (non-hydrogen) atoms. The molecule has 0 fully saturated rings. The maximum absolute atomic E-state index is 12.2. The van der Waals surface area contributed by atoms with Gasteiger partial charge >= 0.3 is 5.97 Å². The molecule has 100 valence electrons. The van der Waals surface area contributed by atoms with E-state index in [0.717, 1.165) is 5.69 Å². The van der Waals surface area contributed by atoms with Crippen molar-refractivity contribution in [2.24, 2.45) is 5.92 Å². The van der Waals surface area contributed by atoms with Crippen molar-refractivity contribution in [3.05, 3.63) is 17.5 Å². The fourth-order valence-corrected chi connectivity index (χ4v) is 1.64. The van der Waals surface area contributed by atoms with Gasteiger partial charge in [-0.15, -0.1) is 0 Å². The molecule has 0 atom stereocenters. The summed E-state index contributed by atoms with van der Waals surface area (Å²) in [6.07, 6.45) is -0.0537. The van der Waals surface area contributed by atoms with E-state index in [9.17, 15) is 9.59 Å². The molecular formula is C12H19N3O3. The summed E-state index contributed by atoms with van der Waals surface area (Å²) < 4.78 is 0. The highest BCUT2D eigenvalue weighted by Crippen LogP contribution is 2.07. The standard InChI is InChI=1S/C12H19N3O3/c1-8(2)7-15(5-4-11(16)17)12(18)10-6-9(3)13-14-10/h6,8H,4-5,7H2,1-3H3,(H,13,14)(H,16,17). The summed E-state index contributed by atoms with van der Waals surface area (Å²) in [6, 6.07) is 1.66. The van der Waals surface area contributed by atoms with Crippen LogP contribution in [0.1, 0.15) is 36.5 Å². The maximum atomic E-state index is 12.2. The minimum absolute atomic E-state index is 0.0537. The number of amides is 1. The van der Waals surface area contributed by atoms with E-state index in [4.69, 9.17) is 5.11 Å². The lowest BCUT2D eigenvalue weighted by atomic mass is 10.2. The van der Waals surface area contributed by atoms with E-state index in [0.29, 0.717) is 12.2 Å². The Morgan fingerprint density at radius 2 is 2.17 bits per heavy atom. The number of aliphatic carboxylic acids is 1. The van der Waals surface area contributed by atoms with Crippen LogP contribution in [0.3, 0.4) is 0 Å². The number of aromatic amines is 1. The third-order valence-electron chi connectivity index (χ3n) is 2.39. The molecule has 0 spiro atoms. The molecule has 0 bridgehead atoms. The van der Waals surface area contributed by atoms with Crippen LogP contribution in [-0.4, -0.2) is 45.2 Å². The molecule has 0 saturated heterocycles. The Kier molecular flexibility index (Phi) is 4.88. The molecule has 1 aromatic heterocycles. The van der Waals surface area contributed by atoms with Gasteiger partial charge in [0, 0.05) is 18.8 Å². The van der Waals surface area contributed by atoms with Gasteiger partial charge < -0.3 is 10.0 Å². The third kappa shape index (κ3) is 4.20. The van der Waals surface area contributed by atoms with E-state index in [1.165, 1.54) is 4.90 Å². The third-order valence-corrected chi connectivity index (χ3v) is 2.39. The lowest BCUT2D eigenvalue weighted by Gasteiger charge is -2.22. The summed E-state index contributed by atoms with van der Waals surface area (Å²) in [7, 11) is 0. The number of carbonyl (C=O) groups is 2. The van der Waals surface area contributed by atoms with Crippen LogP contribution < -0.4 is 0 Å². The van der Waals surface area contributed by atoms with Gasteiger partial charge in [0.2, 0.25) is 0 Å². The highest BCUT2D eigenvalue weighted by Gasteiger charge is 2.19. The molecule has 0 aliphatic heterocycles. The molecule has 0 saturated carbocycles. The summed E-state index contributed by atoms with van der Waals surface area (Å²) in [4.78, 5) is 24.3. The molecule has 0 aliphatic rings. The number of hydrogen-bond donors (Lipinski definition) is 2. The summed E-state index contributed by atoms with van der Waals surface area (Å²) >= 11 is 0. The first-order valence-electron chi connectivity index (χ1n) is 5.93. The fraction of sp³-hybridized carbons (Fsp3) is 0.583. The lowest BCUT2D eigenvalue weighted by molar-refractivity contribution is -0.137. The number of nitrogens with one attached hydrogen (secondary N) is 1. The van der Waals surface area contributed by atoms with Gasteiger partial charge in [-0.05, 0) is 18.9 Å². The normalized spacial score (nSPS) is 10.7. The highest BCUT2D eigenvalue weighted by atomic mass is 16.4. The number of H-pyrrole nitrogens is 1. The van der Waals surface area contributed by atoms with Gasteiger partial charge in [-0.2, -0.15) is 5.10 Å². The number of carbonyl (C=O) groups excluding carboxylic acids is 1. The van der Waals surface area contributed by atoms with Crippen molar-refractivity contribution >= 4 is 11.9 Å². The van der Waals surface area contributed by atoms with Crippen molar-refractivity contribution in [2.45, 2.75) is 27.2 Å². The summed E-state index contributed by atoms with van der Waals surface area (Å²) in [5.74, 6) is -0.855. The van der Waals surface area contributed by atoms with Crippen LogP contribution in [0.5, 0.6) is 0 Å². The molecule has 2 N–H and O–H groups in total. The van der Waals surface area contributed by atoms with E-state index in [-0.39, 0.29) is 24.8 Å². The van der Waals surface area contributed by atoms with Crippen LogP contribution in [0.4, 0.5) is 0 Å². The SMILES string of the molecule is Cc1cc(C(=O)N(CCC(=O)O)CC(C)C)n[nH]1. The summed E-state index contributed by atoms with van der Waals surface area (Å²) in [5.41, 5.74) is 1.14. The minimum Gasteiger partial charge on any atom is -0.481 e. The van der Waals surface area contributed by atoms with Crippen molar-refractivity contribution in [1.82, 2.24) is 15.1 Å². The van der Waals surface area contributed by atoms with Gasteiger partial charge in [0.15, 0.2) is 0 Å². The summed E-state index contributed by atoms with van der Waals surface area (Å²) in [6.45, 7) is 6.51. The van der Waals surface area contributed by atoms with E-state index in [1.54, 1.807) is 6.07 Å². The number of aryl methyl sites for hydroxylation is 1. The maximum Gasteiger partial charge on any atom is 0.305 e. The molecular weight excluding hydrogens is 234 g/mol. The van der Waals surface area contributed by atoms with Gasteiger partial charge in [-0.25, -0.2) is 0 Å². The van der Waals surface area contributed by atoms with E-state index in [2.05, 4.69) is 10.2 Å². The van der Waals surface area contributed by atoms with E-state index >= 15 is 0 Å². The van der Waals surface area contributed by atoms with Gasteiger partial charge in [0.25, 0.3) is 5.91 Å². The Hall–Kier alpha value is -1.85. The van der Waals surface area contributed by atoms with Gasteiger partial charge in [0.05, 0.1) is 6.42 Å².